The predicted octanol–water partition coefficient (Wildman–Crippen LogP) is 5.86. The molecule has 0 bridgehead atoms. The van der Waals surface area contributed by atoms with Crippen molar-refractivity contribution in [2.45, 2.75) is 105 Å². The molecule has 0 radical (unpaired) electrons. The highest BCUT2D eigenvalue weighted by Crippen LogP contribution is 2.29. The number of nitrogens with zero attached hydrogens (tertiary/aromatic N) is 1. The van der Waals surface area contributed by atoms with Crippen molar-refractivity contribution in [1.82, 2.24) is 10.2 Å². The van der Waals surface area contributed by atoms with Crippen LogP contribution in [-0.2, 0) is 19.1 Å². The van der Waals surface area contributed by atoms with Gasteiger partial charge in [0.05, 0.1) is 6.42 Å². The average molecular weight is 581 g/mol. The number of primary amides is 1. The lowest BCUT2D eigenvalue weighted by atomic mass is 9.95. The smallest absolute Gasteiger partial charge is 0.408 e. The van der Waals surface area contributed by atoms with Gasteiger partial charge in [0.15, 0.2) is 0 Å². The third kappa shape index (κ3) is 10.8. The van der Waals surface area contributed by atoms with E-state index in [1.165, 1.54) is 4.90 Å². The summed E-state index contributed by atoms with van der Waals surface area (Å²) in [4.78, 5) is 54.7. The number of hydrogen-bond acceptors (Lipinski definition) is 5. The number of alkyl carbamates (subject to hydrolysis) is 1. The number of ether oxygens (including phenoxy) is 1. The average Bonchev–Trinajstić information content (AvgIpc) is 2.88. The zero-order valence-electron chi connectivity index (χ0n) is 26.2. The van der Waals surface area contributed by atoms with Crippen molar-refractivity contribution in [2.24, 2.45) is 5.73 Å². The number of rotatable bonds is 14. The lowest BCUT2D eigenvalue weighted by Crippen LogP contribution is -2.53. The second-order valence-electron chi connectivity index (χ2n) is 11.9. The fraction of sp³-hybridized carbons (Fsp3) is 0.515. The molecular weight excluding hydrogens is 532 g/mol. The fourth-order valence-corrected chi connectivity index (χ4v) is 4.80. The molecule has 0 aliphatic rings. The summed E-state index contributed by atoms with van der Waals surface area (Å²) in [6.45, 7) is 13.2. The van der Waals surface area contributed by atoms with E-state index in [2.05, 4.69) is 17.6 Å². The summed E-state index contributed by atoms with van der Waals surface area (Å²) in [5, 5.41) is 5.55. The summed E-state index contributed by atoms with van der Waals surface area (Å²) >= 11 is 0. The van der Waals surface area contributed by atoms with Gasteiger partial charge in [0, 0.05) is 12.2 Å². The van der Waals surface area contributed by atoms with E-state index in [-0.39, 0.29) is 6.54 Å². The number of hydrogen-bond donors (Lipinski definition) is 3. The van der Waals surface area contributed by atoms with Crippen LogP contribution in [0.2, 0.25) is 0 Å². The van der Waals surface area contributed by atoms with Crippen LogP contribution in [0.25, 0.3) is 0 Å². The number of unbranched alkanes of at least 4 members (excludes halogenated alkanes) is 4. The third-order valence-corrected chi connectivity index (χ3v) is 6.86. The highest BCUT2D eigenvalue weighted by atomic mass is 16.6. The standard InChI is InChI=1S/C33H48N4O5/c1-8-9-10-11-14-19-37(31(40)27(21-28(34)38)36-32(41)42-33(5,6)7)29(25-18-17-22(2)20-24(25)4)30(39)35-26-16-13-12-15-23(26)3/h12-13,15-18,20,27,29H,8-11,14,19,21H2,1-7H3,(H2,34,38)(H,35,39)(H,36,41). The normalized spacial score (nSPS) is 12.6. The first kappa shape index (κ1) is 34.3. The first-order valence-electron chi connectivity index (χ1n) is 14.8. The Morgan fingerprint density at radius 3 is 2.19 bits per heavy atom. The molecule has 2 unspecified atom stereocenters. The topological polar surface area (TPSA) is 131 Å². The summed E-state index contributed by atoms with van der Waals surface area (Å²) in [5.74, 6) is -1.74. The van der Waals surface area contributed by atoms with Crippen molar-refractivity contribution in [3.63, 3.8) is 0 Å². The van der Waals surface area contributed by atoms with Gasteiger partial charge < -0.3 is 26.0 Å². The maximum Gasteiger partial charge on any atom is 0.408 e. The maximum atomic E-state index is 14.3. The molecule has 4 amide bonds. The van der Waals surface area contributed by atoms with Crippen LogP contribution in [0, 0.1) is 20.8 Å². The molecule has 9 nitrogen and oxygen atoms in total. The van der Waals surface area contributed by atoms with Gasteiger partial charge in [-0.3, -0.25) is 14.4 Å². The van der Waals surface area contributed by atoms with Crippen LogP contribution in [-0.4, -0.2) is 46.9 Å². The Balaban J connectivity index is 2.59. The molecule has 2 atom stereocenters. The van der Waals surface area contributed by atoms with E-state index in [0.717, 1.165) is 42.4 Å². The van der Waals surface area contributed by atoms with Crippen molar-refractivity contribution < 1.29 is 23.9 Å². The number of nitrogens with one attached hydrogen (secondary N) is 2. The Bertz CT molecular complexity index is 1240. The van der Waals surface area contributed by atoms with E-state index < -0.39 is 47.9 Å². The number of carbonyl (C=O) groups excluding carboxylic acids is 4. The molecule has 0 heterocycles. The quantitative estimate of drug-likeness (QED) is 0.241. The van der Waals surface area contributed by atoms with Gasteiger partial charge in [0.2, 0.25) is 11.8 Å². The van der Waals surface area contributed by atoms with Crippen LogP contribution >= 0.6 is 0 Å². The largest absolute Gasteiger partial charge is 0.444 e. The second-order valence-corrected chi connectivity index (χ2v) is 11.9. The van der Waals surface area contributed by atoms with Crippen LogP contribution in [0.3, 0.4) is 0 Å². The van der Waals surface area contributed by atoms with E-state index in [4.69, 9.17) is 10.5 Å². The monoisotopic (exact) mass is 580 g/mol. The van der Waals surface area contributed by atoms with E-state index >= 15 is 0 Å². The molecule has 42 heavy (non-hydrogen) atoms. The third-order valence-electron chi connectivity index (χ3n) is 6.86. The van der Waals surface area contributed by atoms with E-state index in [1.54, 1.807) is 20.8 Å². The minimum absolute atomic E-state index is 0.243. The fourth-order valence-electron chi connectivity index (χ4n) is 4.80. The van der Waals surface area contributed by atoms with E-state index in [9.17, 15) is 19.2 Å². The summed E-state index contributed by atoms with van der Waals surface area (Å²) in [6.07, 6.45) is 3.32. The van der Waals surface area contributed by atoms with E-state index in [0.29, 0.717) is 17.7 Å². The van der Waals surface area contributed by atoms with Gasteiger partial charge >= 0.3 is 6.09 Å². The number of para-hydroxylation sites is 1. The first-order chi connectivity index (χ1) is 19.7. The van der Waals surface area contributed by atoms with Gasteiger partial charge in [-0.25, -0.2) is 4.79 Å². The molecule has 0 saturated heterocycles. The molecular formula is C33H48N4O5. The highest BCUT2D eigenvalue weighted by molar-refractivity contribution is 6.00. The van der Waals surface area contributed by atoms with Crippen molar-refractivity contribution >= 4 is 29.5 Å². The number of nitrogens with two attached hydrogens (primary N) is 1. The van der Waals surface area contributed by atoms with Crippen LogP contribution in [0.4, 0.5) is 10.5 Å². The van der Waals surface area contributed by atoms with Gasteiger partial charge in [0.1, 0.15) is 17.7 Å². The molecule has 230 valence electrons. The van der Waals surface area contributed by atoms with Crippen molar-refractivity contribution in [3.8, 4) is 0 Å². The minimum atomic E-state index is -1.31. The molecule has 9 heteroatoms. The molecule has 2 rings (SSSR count). The van der Waals surface area contributed by atoms with Crippen LogP contribution < -0.4 is 16.4 Å². The molecule has 0 fully saturated rings. The lowest BCUT2D eigenvalue weighted by molar-refractivity contribution is -0.142. The molecule has 2 aromatic rings. The van der Waals surface area contributed by atoms with Gasteiger partial charge in [-0.1, -0.05) is 74.6 Å². The zero-order chi connectivity index (χ0) is 31.4. The number of benzene rings is 2. The second kappa shape index (κ2) is 15.9. The van der Waals surface area contributed by atoms with Gasteiger partial charge in [0.25, 0.3) is 5.91 Å². The predicted molar refractivity (Wildman–Crippen MR) is 166 cm³/mol. The van der Waals surface area contributed by atoms with Crippen LogP contribution in [0.5, 0.6) is 0 Å². The Morgan fingerprint density at radius 2 is 1.60 bits per heavy atom. The summed E-state index contributed by atoms with van der Waals surface area (Å²) in [5.41, 5.74) is 8.72. The summed E-state index contributed by atoms with van der Waals surface area (Å²) in [7, 11) is 0. The molecule has 0 aliphatic heterocycles. The minimum Gasteiger partial charge on any atom is -0.444 e. The number of amides is 4. The number of aryl methyl sites for hydroxylation is 3. The Kier molecular flexibility index (Phi) is 13.0. The van der Waals surface area contributed by atoms with Crippen molar-refractivity contribution in [1.29, 1.82) is 0 Å². The van der Waals surface area contributed by atoms with E-state index in [1.807, 2.05) is 63.2 Å². The molecule has 0 aliphatic carbocycles. The van der Waals surface area contributed by atoms with Gasteiger partial charge in [-0.2, -0.15) is 0 Å². The zero-order valence-corrected chi connectivity index (χ0v) is 26.2. The molecule has 0 aromatic heterocycles. The van der Waals surface area contributed by atoms with Crippen molar-refractivity contribution in [2.75, 3.05) is 11.9 Å². The maximum absolute atomic E-state index is 14.3. The Labute approximate surface area is 250 Å². The molecule has 0 spiro atoms. The molecule has 0 saturated carbocycles. The van der Waals surface area contributed by atoms with Gasteiger partial charge in [-0.15, -0.1) is 0 Å². The molecule has 4 N–H and O–H groups in total. The molecule has 2 aromatic carbocycles. The number of anilines is 1. The summed E-state index contributed by atoms with van der Waals surface area (Å²) in [6, 6.07) is 10.8. The van der Waals surface area contributed by atoms with Crippen LogP contribution in [0.1, 0.15) is 94.5 Å². The number of carbonyl (C=O) groups is 4. The van der Waals surface area contributed by atoms with Crippen LogP contribution in [0.15, 0.2) is 42.5 Å². The SMILES string of the molecule is CCCCCCCN(C(=O)C(CC(N)=O)NC(=O)OC(C)(C)C)C(C(=O)Nc1ccccc1C)c1ccc(C)cc1C. The summed E-state index contributed by atoms with van der Waals surface area (Å²) < 4.78 is 5.37. The van der Waals surface area contributed by atoms with Crippen molar-refractivity contribution in [3.05, 3.63) is 64.7 Å². The van der Waals surface area contributed by atoms with Gasteiger partial charge in [-0.05, 0) is 70.7 Å². The lowest BCUT2D eigenvalue weighted by Gasteiger charge is -2.35. The first-order valence-corrected chi connectivity index (χ1v) is 14.8. The Hall–Kier alpha value is -3.88. The highest BCUT2D eigenvalue weighted by Gasteiger charge is 2.37. The Morgan fingerprint density at radius 1 is 0.929 bits per heavy atom.